The number of nitrogens with zero attached hydrogens (tertiary/aromatic N) is 4. The van der Waals surface area contributed by atoms with Gasteiger partial charge in [-0.05, 0) is 50.1 Å². The number of rotatable bonds is 6. The molecule has 0 saturated carbocycles. The topological polar surface area (TPSA) is 74.5 Å². The van der Waals surface area contributed by atoms with Crippen LogP contribution in [-0.2, 0) is 20.0 Å². The molecule has 1 aromatic heterocycles. The SMILES string of the molecule is CCc1ccccc1NC(=NCc1c(C)nn(C)c1C)NC(=O)c1cccc(N(C)C)c1. The van der Waals surface area contributed by atoms with Crippen LogP contribution >= 0.6 is 0 Å². The lowest BCUT2D eigenvalue weighted by Gasteiger charge is -2.16. The van der Waals surface area contributed by atoms with E-state index in [4.69, 9.17) is 4.99 Å². The predicted molar refractivity (Wildman–Crippen MR) is 131 cm³/mol. The highest BCUT2D eigenvalue weighted by molar-refractivity contribution is 6.10. The van der Waals surface area contributed by atoms with Crippen molar-refractivity contribution in [2.45, 2.75) is 33.7 Å². The molecule has 32 heavy (non-hydrogen) atoms. The molecule has 2 aromatic carbocycles. The standard InChI is InChI=1S/C25H32N6O/c1-7-19-11-8-9-14-23(19)27-25(26-16-22-17(2)29-31(6)18(22)3)28-24(32)20-12-10-13-21(15-20)30(4)5/h8-15H,7,16H2,1-6H3,(H2,26,27,28,32). The molecule has 0 unspecified atom stereocenters. The Kier molecular flexibility index (Phi) is 7.30. The molecule has 0 radical (unpaired) electrons. The van der Waals surface area contributed by atoms with Crippen LogP contribution in [0.2, 0.25) is 0 Å². The van der Waals surface area contributed by atoms with Crippen molar-refractivity contribution in [1.29, 1.82) is 0 Å². The van der Waals surface area contributed by atoms with Crippen LogP contribution < -0.4 is 15.5 Å². The average molecular weight is 433 g/mol. The molecular weight excluding hydrogens is 400 g/mol. The van der Waals surface area contributed by atoms with E-state index in [0.29, 0.717) is 18.1 Å². The van der Waals surface area contributed by atoms with Gasteiger partial charge < -0.3 is 10.2 Å². The summed E-state index contributed by atoms with van der Waals surface area (Å²) in [4.78, 5) is 19.8. The molecule has 7 heteroatoms. The fourth-order valence-electron chi connectivity index (χ4n) is 3.50. The van der Waals surface area contributed by atoms with Crippen molar-refractivity contribution in [3.8, 4) is 0 Å². The van der Waals surface area contributed by atoms with Crippen molar-refractivity contribution in [3.05, 3.63) is 76.6 Å². The number of nitrogens with one attached hydrogen (secondary N) is 2. The van der Waals surface area contributed by atoms with Crippen LogP contribution in [0, 0.1) is 13.8 Å². The van der Waals surface area contributed by atoms with Crippen LogP contribution in [0.1, 0.15) is 39.8 Å². The van der Waals surface area contributed by atoms with E-state index in [1.807, 2.05) is 81.0 Å². The van der Waals surface area contributed by atoms with Gasteiger partial charge in [0, 0.05) is 49.3 Å². The Bertz CT molecular complexity index is 1130. The molecule has 1 heterocycles. The van der Waals surface area contributed by atoms with E-state index < -0.39 is 0 Å². The highest BCUT2D eigenvalue weighted by Gasteiger charge is 2.14. The van der Waals surface area contributed by atoms with Gasteiger partial charge in [0.1, 0.15) is 0 Å². The summed E-state index contributed by atoms with van der Waals surface area (Å²) in [7, 11) is 5.82. The monoisotopic (exact) mass is 432 g/mol. The van der Waals surface area contributed by atoms with Crippen molar-refractivity contribution in [2.75, 3.05) is 24.3 Å². The number of anilines is 2. The van der Waals surface area contributed by atoms with Crippen molar-refractivity contribution in [1.82, 2.24) is 15.1 Å². The maximum absolute atomic E-state index is 13.1. The summed E-state index contributed by atoms with van der Waals surface area (Å²) in [6, 6.07) is 15.5. The number of hydrogen-bond donors (Lipinski definition) is 2. The summed E-state index contributed by atoms with van der Waals surface area (Å²) in [6.45, 7) is 6.52. The Balaban J connectivity index is 1.90. The first-order valence-electron chi connectivity index (χ1n) is 10.8. The van der Waals surface area contributed by atoms with Crippen molar-refractivity contribution < 1.29 is 4.79 Å². The van der Waals surface area contributed by atoms with Gasteiger partial charge in [0.05, 0.1) is 12.2 Å². The lowest BCUT2D eigenvalue weighted by Crippen LogP contribution is -2.36. The largest absolute Gasteiger partial charge is 0.378 e. The Morgan fingerprint density at radius 2 is 1.88 bits per heavy atom. The van der Waals surface area contributed by atoms with Gasteiger partial charge in [-0.1, -0.05) is 31.2 Å². The quantitative estimate of drug-likeness (QED) is 0.455. The van der Waals surface area contributed by atoms with Gasteiger partial charge in [-0.3, -0.25) is 14.8 Å². The first-order chi connectivity index (χ1) is 15.3. The fourth-order valence-corrected chi connectivity index (χ4v) is 3.50. The molecule has 7 nitrogen and oxygen atoms in total. The summed E-state index contributed by atoms with van der Waals surface area (Å²) >= 11 is 0. The molecule has 0 saturated heterocycles. The highest BCUT2D eigenvalue weighted by atomic mass is 16.1. The number of aromatic nitrogens is 2. The van der Waals surface area contributed by atoms with Crippen molar-refractivity contribution in [2.24, 2.45) is 12.0 Å². The minimum atomic E-state index is -0.214. The van der Waals surface area contributed by atoms with E-state index in [0.717, 1.165) is 40.3 Å². The molecule has 3 aromatic rings. The van der Waals surface area contributed by atoms with E-state index in [2.05, 4.69) is 28.7 Å². The summed E-state index contributed by atoms with van der Waals surface area (Å²) in [5.74, 6) is 0.197. The maximum atomic E-state index is 13.1. The number of guanidine groups is 1. The van der Waals surface area contributed by atoms with Crippen LogP contribution in [-0.4, -0.2) is 35.7 Å². The Labute approximate surface area is 190 Å². The van der Waals surface area contributed by atoms with Gasteiger partial charge in [-0.25, -0.2) is 4.99 Å². The lowest BCUT2D eigenvalue weighted by atomic mass is 10.1. The summed E-state index contributed by atoms with van der Waals surface area (Å²) in [5.41, 5.74) is 6.66. The summed E-state index contributed by atoms with van der Waals surface area (Å²) < 4.78 is 1.85. The Morgan fingerprint density at radius 3 is 2.53 bits per heavy atom. The number of carbonyl (C=O) groups excluding carboxylic acids is 1. The van der Waals surface area contributed by atoms with Gasteiger partial charge in [-0.2, -0.15) is 5.10 Å². The smallest absolute Gasteiger partial charge is 0.258 e. The third-order valence-corrected chi connectivity index (χ3v) is 5.56. The minimum Gasteiger partial charge on any atom is -0.378 e. The number of aryl methyl sites for hydroxylation is 3. The maximum Gasteiger partial charge on any atom is 0.258 e. The zero-order chi connectivity index (χ0) is 23.3. The number of aliphatic imine (C=N–C) groups is 1. The van der Waals surface area contributed by atoms with Crippen LogP contribution in [0.4, 0.5) is 11.4 Å². The molecule has 1 amide bonds. The molecule has 0 aliphatic rings. The molecule has 2 N–H and O–H groups in total. The van der Waals surface area contributed by atoms with Crippen LogP contribution in [0.5, 0.6) is 0 Å². The second kappa shape index (κ2) is 10.1. The van der Waals surface area contributed by atoms with Gasteiger partial charge in [-0.15, -0.1) is 0 Å². The normalized spacial score (nSPS) is 11.4. The Hall–Kier alpha value is -3.61. The second-order valence-electron chi connectivity index (χ2n) is 7.97. The minimum absolute atomic E-state index is 0.214. The zero-order valence-electron chi connectivity index (χ0n) is 19.7. The average Bonchev–Trinajstić information content (AvgIpc) is 3.03. The molecule has 0 atom stereocenters. The highest BCUT2D eigenvalue weighted by Crippen LogP contribution is 2.17. The van der Waals surface area contributed by atoms with Crippen molar-refractivity contribution in [3.63, 3.8) is 0 Å². The second-order valence-corrected chi connectivity index (χ2v) is 7.97. The van der Waals surface area contributed by atoms with E-state index in [9.17, 15) is 4.79 Å². The van der Waals surface area contributed by atoms with E-state index in [1.165, 1.54) is 0 Å². The number of carbonyl (C=O) groups is 1. The summed E-state index contributed by atoms with van der Waals surface area (Å²) in [5, 5.41) is 10.8. The molecule has 0 bridgehead atoms. The molecule has 0 aliphatic heterocycles. The first-order valence-corrected chi connectivity index (χ1v) is 10.8. The third kappa shape index (κ3) is 5.35. The van der Waals surface area contributed by atoms with Gasteiger partial charge >= 0.3 is 0 Å². The van der Waals surface area contributed by atoms with Crippen LogP contribution in [0.25, 0.3) is 0 Å². The molecule has 0 aliphatic carbocycles. The number of amides is 1. The predicted octanol–water partition coefficient (Wildman–Crippen LogP) is 4.06. The number of para-hydroxylation sites is 1. The third-order valence-electron chi connectivity index (χ3n) is 5.56. The first kappa shape index (κ1) is 23.1. The molecule has 0 fully saturated rings. The lowest BCUT2D eigenvalue weighted by molar-refractivity contribution is 0.0977. The van der Waals surface area contributed by atoms with E-state index in [1.54, 1.807) is 6.07 Å². The summed E-state index contributed by atoms with van der Waals surface area (Å²) in [6.07, 6.45) is 0.871. The van der Waals surface area contributed by atoms with Gasteiger partial charge in [0.2, 0.25) is 5.96 Å². The Morgan fingerprint density at radius 1 is 1.12 bits per heavy atom. The van der Waals surface area contributed by atoms with Crippen molar-refractivity contribution >= 4 is 23.2 Å². The van der Waals surface area contributed by atoms with E-state index >= 15 is 0 Å². The fraction of sp³-hybridized carbons (Fsp3) is 0.320. The molecular formula is C25H32N6O. The number of benzene rings is 2. The number of hydrogen-bond acceptors (Lipinski definition) is 4. The van der Waals surface area contributed by atoms with Gasteiger partial charge in [0.25, 0.3) is 5.91 Å². The van der Waals surface area contributed by atoms with Crippen LogP contribution in [0.3, 0.4) is 0 Å². The zero-order valence-corrected chi connectivity index (χ0v) is 19.7. The molecule has 0 spiro atoms. The molecule has 168 valence electrons. The van der Waals surface area contributed by atoms with Crippen LogP contribution in [0.15, 0.2) is 53.5 Å². The van der Waals surface area contributed by atoms with Gasteiger partial charge in [0.15, 0.2) is 0 Å². The molecule has 3 rings (SSSR count). The van der Waals surface area contributed by atoms with E-state index in [-0.39, 0.29) is 5.91 Å².